The molecule has 0 N–H and O–H groups in total. The third-order valence-electron chi connectivity index (χ3n) is 11.2. The maximum atomic E-state index is 9.95. The van der Waals surface area contributed by atoms with E-state index in [0.717, 1.165) is 49.7 Å². The van der Waals surface area contributed by atoms with Crippen molar-refractivity contribution in [1.82, 2.24) is 9.13 Å². The lowest BCUT2D eigenvalue weighted by Gasteiger charge is -2.10. The summed E-state index contributed by atoms with van der Waals surface area (Å²) in [6, 6.07) is 53.3. The van der Waals surface area contributed by atoms with Crippen molar-refractivity contribution in [3.63, 3.8) is 0 Å². The number of aromatic nitrogens is 2. The van der Waals surface area contributed by atoms with Crippen molar-refractivity contribution in [3.8, 4) is 44.8 Å². The van der Waals surface area contributed by atoms with E-state index in [4.69, 9.17) is 4.11 Å². The van der Waals surface area contributed by atoms with Gasteiger partial charge >= 0.3 is 0 Å². The van der Waals surface area contributed by atoms with Gasteiger partial charge < -0.3 is 9.13 Å². The Bertz CT molecular complexity index is 3910. The van der Waals surface area contributed by atoms with Crippen LogP contribution in [0, 0.1) is 0 Å². The molecule has 3 aromatic heterocycles. The number of hydrogen-bond donors (Lipinski definition) is 0. The predicted octanol–water partition coefficient (Wildman–Crippen LogP) is 15.2. The third-order valence-corrected chi connectivity index (χ3v) is 12.3. The molecule has 0 aliphatic carbocycles. The first kappa shape index (κ1) is 25.8. The van der Waals surface area contributed by atoms with Crippen LogP contribution < -0.4 is 0 Å². The summed E-state index contributed by atoms with van der Waals surface area (Å²) in [6.45, 7) is 0. The molecular weight excluding hydrogens is 709 g/mol. The van der Waals surface area contributed by atoms with Crippen LogP contribution in [0.4, 0.5) is 0 Å². The number of thiophene rings is 1. The molecule has 0 unspecified atom stereocenters. The van der Waals surface area contributed by atoms with Crippen molar-refractivity contribution in [2.75, 3.05) is 0 Å². The van der Waals surface area contributed by atoms with Crippen LogP contribution in [0.3, 0.4) is 0 Å². The van der Waals surface area contributed by atoms with Crippen LogP contribution in [0.25, 0.3) is 109 Å². The first-order valence-corrected chi connectivity index (χ1v) is 19.8. The SMILES string of the molecule is [2H]c1c([2H])c([2H])c2c(c1[2H])c1c([2H])c(-c3ccc4c(c3)c3c(-c5ccccc5)cccc3n4-c3ccc4c(c3)sc3ccccc34)c([2H])c([2H])c1n2-c1ccc(-c2ccccc2)cc1. The number of benzene rings is 9. The lowest BCUT2D eigenvalue weighted by Crippen LogP contribution is -1.94. The van der Waals surface area contributed by atoms with Gasteiger partial charge in [0.05, 0.1) is 31.7 Å². The first-order valence-electron chi connectivity index (χ1n) is 22.4. The molecule has 9 aromatic carbocycles. The quantitative estimate of drug-likeness (QED) is 0.166. The van der Waals surface area contributed by atoms with Gasteiger partial charge in [-0.15, -0.1) is 11.3 Å². The van der Waals surface area contributed by atoms with E-state index in [-0.39, 0.29) is 57.6 Å². The third kappa shape index (κ3) is 5.03. The lowest BCUT2D eigenvalue weighted by molar-refractivity contribution is 1.18. The maximum Gasteiger partial charge on any atom is 0.0645 e. The van der Waals surface area contributed by atoms with E-state index in [9.17, 15) is 5.48 Å². The van der Waals surface area contributed by atoms with Crippen LogP contribution in [0.15, 0.2) is 206 Å². The Labute approximate surface area is 343 Å². The fourth-order valence-corrected chi connectivity index (χ4v) is 9.71. The number of nitrogens with zero attached hydrogens (tertiary/aromatic N) is 2. The summed E-state index contributed by atoms with van der Waals surface area (Å²) in [6.07, 6.45) is 0. The van der Waals surface area contributed by atoms with Crippen molar-refractivity contribution in [2.24, 2.45) is 0 Å². The molecule has 0 aliphatic rings. The summed E-state index contributed by atoms with van der Waals surface area (Å²) in [5.41, 5.74) is 8.69. The van der Waals surface area contributed by atoms with Crippen LogP contribution in [0.1, 0.15) is 9.60 Å². The fraction of sp³-hybridized carbons (Fsp3) is 0. The standard InChI is InChI=1S/C54H34N2S/c1-3-12-35(13-4-1)36-22-26-40(27-23-36)55-48-19-9-7-16-43(48)46-32-38(24-30-49(46)55)39-25-31-50-47(33-39)54-42(37-14-5-2-6-15-37)18-11-20-51(54)56(50)41-28-29-45-44-17-8-10-21-52(44)57-53(45)34-41/h1-34H/i7D,9D,16D,19D,24D,30D,32D. The van der Waals surface area contributed by atoms with Crippen LogP contribution >= 0.6 is 11.3 Å². The molecule has 0 fully saturated rings. The summed E-state index contributed by atoms with van der Waals surface area (Å²) in [5.74, 6) is 0. The van der Waals surface area contributed by atoms with Crippen molar-refractivity contribution >= 4 is 75.1 Å². The maximum absolute atomic E-state index is 9.95. The zero-order chi connectivity index (χ0) is 43.5. The molecule has 0 spiro atoms. The second-order valence-corrected chi connectivity index (χ2v) is 15.4. The zero-order valence-electron chi connectivity index (χ0n) is 37.4. The van der Waals surface area contributed by atoms with E-state index in [1.54, 1.807) is 15.9 Å². The van der Waals surface area contributed by atoms with Gasteiger partial charge in [0.2, 0.25) is 0 Å². The minimum Gasteiger partial charge on any atom is -0.309 e. The van der Waals surface area contributed by atoms with Gasteiger partial charge in [-0.05, 0) is 100 Å². The fourth-order valence-electron chi connectivity index (χ4n) is 8.57. The van der Waals surface area contributed by atoms with Gasteiger partial charge in [0.15, 0.2) is 0 Å². The molecule has 12 rings (SSSR count). The molecule has 0 saturated carbocycles. The molecule has 12 aromatic rings. The van der Waals surface area contributed by atoms with E-state index in [0.29, 0.717) is 11.3 Å². The Kier molecular flexibility index (Phi) is 5.74. The Balaban J connectivity index is 1.13. The normalized spacial score (nSPS) is 13.6. The molecule has 57 heavy (non-hydrogen) atoms. The number of para-hydroxylation sites is 1. The van der Waals surface area contributed by atoms with Crippen molar-refractivity contribution in [3.05, 3.63) is 206 Å². The Hall–Kier alpha value is -7.20. The van der Waals surface area contributed by atoms with Gasteiger partial charge in [0, 0.05) is 53.1 Å². The molecule has 0 radical (unpaired) electrons. The Morgan fingerprint density at radius 1 is 0.368 bits per heavy atom. The summed E-state index contributed by atoms with van der Waals surface area (Å²) < 4.78 is 71.4. The molecule has 0 bridgehead atoms. The van der Waals surface area contributed by atoms with Gasteiger partial charge in [-0.2, -0.15) is 0 Å². The van der Waals surface area contributed by atoms with Crippen molar-refractivity contribution in [1.29, 1.82) is 0 Å². The average Bonchev–Trinajstić information content (AvgIpc) is 4.01. The molecule has 0 aliphatic heterocycles. The number of rotatable bonds is 5. The predicted molar refractivity (Wildman–Crippen MR) is 244 cm³/mol. The van der Waals surface area contributed by atoms with E-state index in [2.05, 4.69) is 77.4 Å². The van der Waals surface area contributed by atoms with Gasteiger partial charge in [-0.1, -0.05) is 139 Å². The number of fused-ring (bicyclic) bond motifs is 9. The highest BCUT2D eigenvalue weighted by molar-refractivity contribution is 7.25. The molecule has 266 valence electrons. The summed E-state index contributed by atoms with van der Waals surface area (Å²) in [4.78, 5) is 0. The van der Waals surface area contributed by atoms with E-state index < -0.39 is 12.1 Å². The first-order chi connectivity index (χ1) is 31.2. The second-order valence-electron chi connectivity index (χ2n) is 14.4. The summed E-state index contributed by atoms with van der Waals surface area (Å²) >= 11 is 1.77. The zero-order valence-corrected chi connectivity index (χ0v) is 31.2. The van der Waals surface area contributed by atoms with Crippen LogP contribution in [0.2, 0.25) is 0 Å². The van der Waals surface area contributed by atoms with E-state index in [1.165, 1.54) is 20.2 Å². The van der Waals surface area contributed by atoms with E-state index in [1.807, 2.05) is 91.0 Å². The monoisotopic (exact) mass is 749 g/mol. The minimum atomic E-state index is -0.421. The Morgan fingerprint density at radius 3 is 1.91 bits per heavy atom. The smallest absolute Gasteiger partial charge is 0.0645 e. The molecule has 0 saturated heterocycles. The largest absolute Gasteiger partial charge is 0.309 e. The van der Waals surface area contributed by atoms with Crippen LogP contribution in [0.5, 0.6) is 0 Å². The summed E-state index contributed by atoms with van der Waals surface area (Å²) in [5, 5.41) is 4.71. The van der Waals surface area contributed by atoms with Gasteiger partial charge in [0.25, 0.3) is 0 Å². The molecule has 2 nitrogen and oxygen atoms in total. The highest BCUT2D eigenvalue weighted by atomic mass is 32.1. The molecule has 3 heterocycles. The van der Waals surface area contributed by atoms with E-state index >= 15 is 0 Å². The van der Waals surface area contributed by atoms with Gasteiger partial charge in [-0.3, -0.25) is 0 Å². The van der Waals surface area contributed by atoms with Crippen LogP contribution in [-0.2, 0) is 0 Å². The van der Waals surface area contributed by atoms with Crippen molar-refractivity contribution in [2.45, 2.75) is 0 Å². The second kappa shape index (κ2) is 12.7. The molecular formula is C54H34N2S. The molecule has 0 amide bonds. The lowest BCUT2D eigenvalue weighted by atomic mass is 9.97. The molecule has 0 atom stereocenters. The summed E-state index contributed by atoms with van der Waals surface area (Å²) in [7, 11) is 0. The highest BCUT2D eigenvalue weighted by Crippen LogP contribution is 2.43. The average molecular weight is 750 g/mol. The number of hydrogen-bond acceptors (Lipinski definition) is 1. The van der Waals surface area contributed by atoms with Gasteiger partial charge in [0.1, 0.15) is 0 Å². The van der Waals surface area contributed by atoms with Crippen molar-refractivity contribution < 1.29 is 9.60 Å². The topological polar surface area (TPSA) is 9.86 Å². The van der Waals surface area contributed by atoms with Gasteiger partial charge in [-0.25, -0.2) is 0 Å². The van der Waals surface area contributed by atoms with Crippen LogP contribution in [-0.4, -0.2) is 9.13 Å². The molecule has 3 heteroatoms. The minimum absolute atomic E-state index is 0.0766. The highest BCUT2D eigenvalue weighted by Gasteiger charge is 2.19. The Morgan fingerprint density at radius 2 is 1.05 bits per heavy atom.